The lowest BCUT2D eigenvalue weighted by molar-refractivity contribution is -0.0261. The third-order valence-electron chi connectivity index (χ3n) is 6.26. The standard InChI is InChI=1S/C25H25FN2O5/c26-18-10-15(3-4-17(18)22(29)11-14-1-2-14)9-16-12-21(27-20-6-8-33-24(16)20)25(31)28-19-5-7-32-13-23(19)30/h3-4,6,8,10,12,14,19,23,30H,1-2,5,7,9,11,13H2,(H,28,31)/t19-,23-/m0/s1. The third kappa shape index (κ3) is 4.82. The zero-order valence-electron chi connectivity index (χ0n) is 18.1. The summed E-state index contributed by atoms with van der Waals surface area (Å²) < 4.78 is 25.5. The maximum Gasteiger partial charge on any atom is 0.270 e. The molecular formula is C25H25FN2O5. The summed E-state index contributed by atoms with van der Waals surface area (Å²) in [7, 11) is 0. The fraction of sp³-hybridized carbons (Fsp3) is 0.400. The van der Waals surface area contributed by atoms with Crippen molar-refractivity contribution >= 4 is 22.8 Å². The molecular weight excluding hydrogens is 427 g/mol. The van der Waals surface area contributed by atoms with Gasteiger partial charge in [0.25, 0.3) is 5.91 Å². The monoisotopic (exact) mass is 452 g/mol. The predicted molar refractivity (Wildman–Crippen MR) is 118 cm³/mol. The average molecular weight is 452 g/mol. The summed E-state index contributed by atoms with van der Waals surface area (Å²) in [6, 6.07) is 7.52. The lowest BCUT2D eigenvalue weighted by atomic mass is 9.99. The molecule has 2 fully saturated rings. The largest absolute Gasteiger partial charge is 0.462 e. The number of nitrogens with zero attached hydrogens (tertiary/aromatic N) is 1. The number of ether oxygens (including phenoxy) is 1. The van der Waals surface area contributed by atoms with Crippen molar-refractivity contribution in [2.24, 2.45) is 5.92 Å². The Hall–Kier alpha value is -3.10. The molecule has 0 radical (unpaired) electrons. The number of pyridine rings is 1. The van der Waals surface area contributed by atoms with Crippen LogP contribution >= 0.6 is 0 Å². The van der Waals surface area contributed by atoms with Crippen LogP contribution in [0.15, 0.2) is 41.0 Å². The smallest absolute Gasteiger partial charge is 0.270 e. The van der Waals surface area contributed by atoms with Crippen LogP contribution < -0.4 is 5.32 Å². The summed E-state index contributed by atoms with van der Waals surface area (Å²) in [5.41, 5.74) is 2.69. The van der Waals surface area contributed by atoms with Crippen molar-refractivity contribution in [2.75, 3.05) is 13.2 Å². The van der Waals surface area contributed by atoms with E-state index in [0.29, 0.717) is 54.0 Å². The van der Waals surface area contributed by atoms with Crippen LogP contribution in [0.3, 0.4) is 0 Å². The van der Waals surface area contributed by atoms with E-state index in [2.05, 4.69) is 10.3 Å². The van der Waals surface area contributed by atoms with Crippen molar-refractivity contribution in [3.63, 3.8) is 0 Å². The normalized spacial score (nSPS) is 20.7. The van der Waals surface area contributed by atoms with Gasteiger partial charge in [0.05, 0.1) is 30.6 Å². The zero-order chi connectivity index (χ0) is 22.9. The van der Waals surface area contributed by atoms with Crippen LogP contribution in [-0.2, 0) is 11.2 Å². The molecule has 33 heavy (non-hydrogen) atoms. The number of halogens is 1. The van der Waals surface area contributed by atoms with E-state index in [1.54, 1.807) is 18.2 Å². The van der Waals surface area contributed by atoms with Crippen molar-refractivity contribution in [1.29, 1.82) is 0 Å². The van der Waals surface area contributed by atoms with Crippen LogP contribution in [0, 0.1) is 11.7 Å². The van der Waals surface area contributed by atoms with Crippen LogP contribution in [0.2, 0.25) is 0 Å². The molecule has 1 saturated carbocycles. The van der Waals surface area contributed by atoms with Crippen LogP contribution in [-0.4, -0.2) is 47.1 Å². The highest BCUT2D eigenvalue weighted by atomic mass is 19.1. The average Bonchev–Trinajstić information content (AvgIpc) is 3.47. The van der Waals surface area contributed by atoms with Crippen molar-refractivity contribution < 1.29 is 28.2 Å². The van der Waals surface area contributed by atoms with E-state index in [0.717, 1.165) is 12.8 Å². The molecule has 0 bridgehead atoms. The second kappa shape index (κ2) is 9.03. The van der Waals surface area contributed by atoms with Gasteiger partial charge in [0.1, 0.15) is 17.0 Å². The summed E-state index contributed by atoms with van der Waals surface area (Å²) in [5.74, 6) is -0.701. The van der Waals surface area contributed by atoms with E-state index in [1.807, 2.05) is 0 Å². The second-order valence-electron chi connectivity index (χ2n) is 8.87. The number of benzene rings is 1. The molecule has 7 nitrogen and oxygen atoms in total. The first-order valence-corrected chi connectivity index (χ1v) is 11.2. The molecule has 2 atom stereocenters. The van der Waals surface area contributed by atoms with Gasteiger partial charge in [-0.15, -0.1) is 0 Å². The topological polar surface area (TPSA) is 102 Å². The van der Waals surface area contributed by atoms with Crippen LogP contribution in [0.25, 0.3) is 11.1 Å². The van der Waals surface area contributed by atoms with Gasteiger partial charge in [-0.05, 0) is 48.9 Å². The summed E-state index contributed by atoms with van der Waals surface area (Å²) >= 11 is 0. The molecule has 1 saturated heterocycles. The van der Waals surface area contributed by atoms with E-state index in [1.165, 1.54) is 18.4 Å². The Morgan fingerprint density at radius 2 is 2.03 bits per heavy atom. The summed E-state index contributed by atoms with van der Waals surface area (Å²) in [6.07, 6.45) is 4.01. The number of carbonyl (C=O) groups is 2. The number of rotatable bonds is 7. The quantitative estimate of drug-likeness (QED) is 0.533. The number of aliphatic hydroxyl groups excluding tert-OH is 1. The molecule has 3 aromatic rings. The molecule has 2 N–H and O–H groups in total. The van der Waals surface area contributed by atoms with Gasteiger partial charge >= 0.3 is 0 Å². The SMILES string of the molecule is O=C(N[C@H]1CCOC[C@@H]1O)c1cc(Cc2ccc(C(=O)CC3CC3)c(F)c2)c2occc2n1. The fourth-order valence-electron chi connectivity index (χ4n) is 4.21. The first-order valence-electron chi connectivity index (χ1n) is 11.2. The number of nitrogens with one attached hydrogen (secondary N) is 1. The zero-order valence-corrected chi connectivity index (χ0v) is 18.1. The number of furan rings is 1. The lowest BCUT2D eigenvalue weighted by Gasteiger charge is -2.28. The number of hydrogen-bond donors (Lipinski definition) is 2. The number of fused-ring (bicyclic) bond motifs is 1. The van der Waals surface area contributed by atoms with Gasteiger partial charge in [-0.1, -0.05) is 6.07 Å². The Kier molecular flexibility index (Phi) is 5.95. The van der Waals surface area contributed by atoms with Crippen molar-refractivity contribution in [1.82, 2.24) is 10.3 Å². The van der Waals surface area contributed by atoms with Gasteiger partial charge in [-0.25, -0.2) is 9.37 Å². The highest BCUT2D eigenvalue weighted by Gasteiger charge is 2.27. The number of Topliss-reactive ketones (excluding diaryl/α,β-unsaturated/α-hetero) is 1. The lowest BCUT2D eigenvalue weighted by Crippen LogP contribution is -2.48. The van der Waals surface area contributed by atoms with Crippen LogP contribution in [0.1, 0.15) is 57.7 Å². The van der Waals surface area contributed by atoms with E-state index < -0.39 is 23.9 Å². The molecule has 5 rings (SSSR count). The second-order valence-corrected chi connectivity index (χ2v) is 8.87. The van der Waals surface area contributed by atoms with Gasteiger partial charge in [-0.3, -0.25) is 9.59 Å². The number of amides is 1. The minimum atomic E-state index is -0.774. The number of carbonyl (C=O) groups excluding carboxylic acids is 2. The molecule has 3 heterocycles. The van der Waals surface area contributed by atoms with Crippen LogP contribution in [0.4, 0.5) is 4.39 Å². The van der Waals surface area contributed by atoms with Gasteiger partial charge in [-0.2, -0.15) is 0 Å². The summed E-state index contributed by atoms with van der Waals surface area (Å²) in [4.78, 5) is 29.5. The first kappa shape index (κ1) is 21.7. The highest BCUT2D eigenvalue weighted by Crippen LogP contribution is 2.34. The summed E-state index contributed by atoms with van der Waals surface area (Å²) in [6.45, 7) is 0.640. The highest BCUT2D eigenvalue weighted by molar-refractivity contribution is 5.97. The van der Waals surface area contributed by atoms with E-state index in [4.69, 9.17) is 9.15 Å². The number of ketones is 1. The molecule has 172 valence electrons. The van der Waals surface area contributed by atoms with Gasteiger partial charge in [0.15, 0.2) is 11.4 Å². The Morgan fingerprint density at radius 3 is 2.79 bits per heavy atom. The fourth-order valence-corrected chi connectivity index (χ4v) is 4.21. The van der Waals surface area contributed by atoms with Gasteiger partial charge in [0.2, 0.25) is 0 Å². The predicted octanol–water partition coefficient (Wildman–Crippen LogP) is 3.42. The third-order valence-corrected chi connectivity index (χ3v) is 6.26. The van der Waals surface area contributed by atoms with Crippen molar-refractivity contribution in [3.05, 3.63) is 64.8 Å². The molecule has 0 spiro atoms. The Balaban J connectivity index is 1.37. The van der Waals surface area contributed by atoms with Crippen molar-refractivity contribution in [3.8, 4) is 0 Å². The molecule has 1 aliphatic heterocycles. The minimum absolute atomic E-state index is 0.124. The van der Waals surface area contributed by atoms with E-state index in [-0.39, 0.29) is 23.6 Å². The molecule has 1 aromatic carbocycles. The Labute approximate surface area is 189 Å². The van der Waals surface area contributed by atoms with Crippen molar-refractivity contribution in [2.45, 2.75) is 44.2 Å². The number of aromatic nitrogens is 1. The van der Waals surface area contributed by atoms with E-state index >= 15 is 0 Å². The molecule has 1 amide bonds. The van der Waals surface area contributed by atoms with Gasteiger partial charge in [0, 0.05) is 31.1 Å². The maximum absolute atomic E-state index is 14.7. The Bertz CT molecular complexity index is 1200. The number of hydrogen-bond acceptors (Lipinski definition) is 6. The minimum Gasteiger partial charge on any atom is -0.462 e. The van der Waals surface area contributed by atoms with Crippen LogP contribution in [0.5, 0.6) is 0 Å². The van der Waals surface area contributed by atoms with Gasteiger partial charge < -0.3 is 19.6 Å². The first-order chi connectivity index (χ1) is 16.0. The Morgan fingerprint density at radius 1 is 1.18 bits per heavy atom. The molecule has 8 heteroatoms. The van der Waals surface area contributed by atoms with E-state index in [9.17, 15) is 19.1 Å². The maximum atomic E-state index is 14.7. The summed E-state index contributed by atoms with van der Waals surface area (Å²) in [5, 5.41) is 12.9. The molecule has 0 unspecified atom stereocenters. The molecule has 2 aliphatic rings. The molecule has 2 aromatic heterocycles. The number of aliphatic hydroxyl groups is 1. The molecule has 1 aliphatic carbocycles.